The Bertz CT molecular complexity index is 377. The molecular formula is C11H16F3N3. The van der Waals surface area contributed by atoms with E-state index in [1.165, 1.54) is 6.07 Å². The van der Waals surface area contributed by atoms with Crippen LogP contribution in [0.15, 0.2) is 18.2 Å². The van der Waals surface area contributed by atoms with Crippen molar-refractivity contribution in [2.24, 2.45) is 0 Å². The SMILES string of the molecule is CNCCN(C)c1cc(N)cc(C(F)(F)F)c1. The van der Waals surface area contributed by atoms with Crippen LogP contribution in [0.25, 0.3) is 0 Å². The lowest BCUT2D eigenvalue weighted by Crippen LogP contribution is -2.27. The number of benzene rings is 1. The number of hydrogen-bond donors (Lipinski definition) is 2. The molecule has 0 saturated carbocycles. The second kappa shape index (κ2) is 5.27. The Morgan fingerprint density at radius 2 is 1.94 bits per heavy atom. The summed E-state index contributed by atoms with van der Waals surface area (Å²) in [5.74, 6) is 0. The molecule has 17 heavy (non-hydrogen) atoms. The number of nitrogen functional groups attached to an aromatic ring is 1. The molecule has 1 aromatic carbocycles. The van der Waals surface area contributed by atoms with E-state index < -0.39 is 11.7 Å². The smallest absolute Gasteiger partial charge is 0.399 e. The van der Waals surface area contributed by atoms with Crippen molar-refractivity contribution in [2.75, 3.05) is 37.8 Å². The standard InChI is InChI=1S/C11H16F3N3/c1-16-3-4-17(2)10-6-8(11(12,13)14)5-9(15)7-10/h5-7,16H,3-4,15H2,1-2H3. The molecule has 0 heterocycles. The summed E-state index contributed by atoms with van der Waals surface area (Å²) >= 11 is 0. The molecule has 96 valence electrons. The lowest BCUT2D eigenvalue weighted by molar-refractivity contribution is -0.137. The Labute approximate surface area is 98.4 Å². The van der Waals surface area contributed by atoms with Gasteiger partial charge in [0.1, 0.15) is 0 Å². The highest BCUT2D eigenvalue weighted by molar-refractivity contribution is 5.58. The summed E-state index contributed by atoms with van der Waals surface area (Å²) in [6.07, 6.45) is -4.37. The van der Waals surface area contributed by atoms with Crippen LogP contribution in [0.3, 0.4) is 0 Å². The minimum atomic E-state index is -4.37. The van der Waals surface area contributed by atoms with Gasteiger partial charge in [0.2, 0.25) is 0 Å². The molecule has 0 unspecified atom stereocenters. The number of halogens is 3. The second-order valence-corrected chi connectivity index (χ2v) is 3.84. The largest absolute Gasteiger partial charge is 0.416 e. The molecule has 1 rings (SSSR count). The number of anilines is 2. The van der Waals surface area contributed by atoms with Gasteiger partial charge in [0.25, 0.3) is 0 Å². The maximum Gasteiger partial charge on any atom is 0.416 e. The molecule has 3 nitrogen and oxygen atoms in total. The van der Waals surface area contributed by atoms with Gasteiger partial charge < -0.3 is 16.0 Å². The van der Waals surface area contributed by atoms with Crippen LogP contribution >= 0.6 is 0 Å². The fourth-order valence-corrected chi connectivity index (χ4v) is 1.43. The summed E-state index contributed by atoms with van der Waals surface area (Å²) in [5.41, 5.74) is 5.34. The Morgan fingerprint density at radius 1 is 1.29 bits per heavy atom. The molecule has 0 aromatic heterocycles. The zero-order chi connectivity index (χ0) is 13.1. The molecule has 0 fully saturated rings. The van der Waals surface area contributed by atoms with Crippen LogP contribution in [0.4, 0.5) is 24.5 Å². The molecule has 0 bridgehead atoms. The molecule has 0 radical (unpaired) electrons. The van der Waals surface area contributed by atoms with Gasteiger partial charge in [0.05, 0.1) is 5.56 Å². The number of rotatable bonds is 4. The number of nitrogens with one attached hydrogen (secondary N) is 1. The van der Waals surface area contributed by atoms with E-state index in [4.69, 9.17) is 5.73 Å². The van der Waals surface area contributed by atoms with E-state index in [0.29, 0.717) is 18.8 Å². The first kappa shape index (κ1) is 13.6. The normalized spacial score (nSPS) is 11.6. The summed E-state index contributed by atoms with van der Waals surface area (Å²) in [6.45, 7) is 1.30. The first-order chi connectivity index (χ1) is 7.84. The highest BCUT2D eigenvalue weighted by atomic mass is 19.4. The lowest BCUT2D eigenvalue weighted by Gasteiger charge is -2.21. The van der Waals surface area contributed by atoms with Crippen molar-refractivity contribution in [1.82, 2.24) is 5.32 Å². The number of likely N-dealkylation sites (N-methyl/N-ethyl adjacent to an activating group) is 2. The monoisotopic (exact) mass is 247 g/mol. The second-order valence-electron chi connectivity index (χ2n) is 3.84. The maximum atomic E-state index is 12.6. The number of nitrogens with two attached hydrogens (primary N) is 1. The van der Waals surface area contributed by atoms with Gasteiger partial charge in [-0.1, -0.05) is 0 Å². The zero-order valence-corrected chi connectivity index (χ0v) is 9.80. The average Bonchev–Trinajstić information content (AvgIpc) is 2.23. The fourth-order valence-electron chi connectivity index (χ4n) is 1.43. The van der Waals surface area contributed by atoms with Gasteiger partial charge in [0.15, 0.2) is 0 Å². The van der Waals surface area contributed by atoms with Crippen molar-refractivity contribution in [3.05, 3.63) is 23.8 Å². The van der Waals surface area contributed by atoms with Gasteiger partial charge in [-0.25, -0.2) is 0 Å². The van der Waals surface area contributed by atoms with E-state index in [-0.39, 0.29) is 5.69 Å². The minimum absolute atomic E-state index is 0.117. The fraction of sp³-hybridized carbons (Fsp3) is 0.455. The minimum Gasteiger partial charge on any atom is -0.399 e. The van der Waals surface area contributed by atoms with Crippen LogP contribution in [0.1, 0.15) is 5.56 Å². The van der Waals surface area contributed by atoms with Gasteiger partial charge in [-0.2, -0.15) is 13.2 Å². The number of hydrogen-bond acceptors (Lipinski definition) is 3. The zero-order valence-electron chi connectivity index (χ0n) is 9.80. The van der Waals surface area contributed by atoms with Gasteiger partial charge in [-0.15, -0.1) is 0 Å². The Hall–Kier alpha value is -1.43. The summed E-state index contributed by atoms with van der Waals surface area (Å²) < 4.78 is 37.7. The van der Waals surface area contributed by atoms with Crippen molar-refractivity contribution in [2.45, 2.75) is 6.18 Å². The van der Waals surface area contributed by atoms with Crippen LogP contribution in [0.5, 0.6) is 0 Å². The molecule has 0 aliphatic heterocycles. The van der Waals surface area contributed by atoms with Crippen molar-refractivity contribution in [3.63, 3.8) is 0 Å². The van der Waals surface area contributed by atoms with E-state index in [0.717, 1.165) is 12.1 Å². The van der Waals surface area contributed by atoms with Gasteiger partial charge in [0, 0.05) is 31.5 Å². The van der Waals surface area contributed by atoms with Gasteiger partial charge in [-0.3, -0.25) is 0 Å². The maximum absolute atomic E-state index is 12.6. The van der Waals surface area contributed by atoms with E-state index in [2.05, 4.69) is 5.32 Å². The number of alkyl halides is 3. The molecule has 0 spiro atoms. The third kappa shape index (κ3) is 3.81. The van der Waals surface area contributed by atoms with Crippen molar-refractivity contribution in [3.8, 4) is 0 Å². The third-order valence-electron chi connectivity index (χ3n) is 2.41. The van der Waals surface area contributed by atoms with Crippen LogP contribution in [0, 0.1) is 0 Å². The van der Waals surface area contributed by atoms with E-state index in [9.17, 15) is 13.2 Å². The average molecular weight is 247 g/mol. The van der Waals surface area contributed by atoms with E-state index in [1.54, 1.807) is 19.0 Å². The summed E-state index contributed by atoms with van der Waals surface area (Å²) in [6, 6.07) is 3.58. The summed E-state index contributed by atoms with van der Waals surface area (Å²) in [4.78, 5) is 1.72. The Morgan fingerprint density at radius 3 is 2.47 bits per heavy atom. The first-order valence-electron chi connectivity index (χ1n) is 5.18. The summed E-state index contributed by atoms with van der Waals surface area (Å²) in [5, 5.41) is 2.93. The Kier molecular flexibility index (Phi) is 4.22. The molecule has 1 aromatic rings. The van der Waals surface area contributed by atoms with Crippen LogP contribution in [0.2, 0.25) is 0 Å². The first-order valence-corrected chi connectivity index (χ1v) is 5.18. The predicted octanol–water partition coefficient (Wildman–Crippen LogP) is 1.94. The number of nitrogens with zero attached hydrogens (tertiary/aromatic N) is 1. The van der Waals surface area contributed by atoms with Crippen LogP contribution < -0.4 is 16.0 Å². The van der Waals surface area contributed by atoms with Crippen molar-refractivity contribution >= 4 is 11.4 Å². The molecule has 0 saturated heterocycles. The third-order valence-corrected chi connectivity index (χ3v) is 2.41. The summed E-state index contributed by atoms with van der Waals surface area (Å²) in [7, 11) is 3.51. The predicted molar refractivity (Wildman–Crippen MR) is 63.1 cm³/mol. The molecule has 0 aliphatic carbocycles. The molecule has 0 amide bonds. The molecule has 6 heteroatoms. The highest BCUT2D eigenvalue weighted by Gasteiger charge is 2.31. The quantitative estimate of drug-likeness (QED) is 0.799. The molecule has 0 aliphatic rings. The van der Waals surface area contributed by atoms with Crippen LogP contribution in [-0.2, 0) is 6.18 Å². The lowest BCUT2D eigenvalue weighted by atomic mass is 10.1. The van der Waals surface area contributed by atoms with Gasteiger partial charge in [-0.05, 0) is 25.2 Å². The highest BCUT2D eigenvalue weighted by Crippen LogP contribution is 2.33. The van der Waals surface area contributed by atoms with Gasteiger partial charge >= 0.3 is 6.18 Å². The van der Waals surface area contributed by atoms with E-state index >= 15 is 0 Å². The van der Waals surface area contributed by atoms with Crippen molar-refractivity contribution in [1.29, 1.82) is 0 Å². The molecule has 0 atom stereocenters. The topological polar surface area (TPSA) is 41.3 Å². The van der Waals surface area contributed by atoms with Crippen molar-refractivity contribution < 1.29 is 13.2 Å². The van der Waals surface area contributed by atoms with E-state index in [1.807, 2.05) is 0 Å². The molecule has 3 N–H and O–H groups in total. The van der Waals surface area contributed by atoms with Crippen LogP contribution in [-0.4, -0.2) is 27.2 Å². The molecular weight excluding hydrogens is 231 g/mol. The Balaban J connectivity index is 2.97.